The predicted octanol–water partition coefficient (Wildman–Crippen LogP) is -0.451. The van der Waals surface area contributed by atoms with E-state index >= 15 is 0 Å². The van der Waals surface area contributed by atoms with Gasteiger partial charge in [0, 0.05) is 0 Å². The van der Waals surface area contributed by atoms with Crippen LogP contribution in [0.2, 0.25) is 0 Å². The van der Waals surface area contributed by atoms with Crippen molar-refractivity contribution in [3.63, 3.8) is 0 Å². The normalized spacial score (nSPS) is 19.0. The fourth-order valence-corrected chi connectivity index (χ4v) is 0.873. The summed E-state index contributed by atoms with van der Waals surface area (Å²) in [6.45, 7) is 2.49. The predicted molar refractivity (Wildman–Crippen MR) is 38.5 cm³/mol. The minimum atomic E-state index is -0.0333. The van der Waals surface area contributed by atoms with Gasteiger partial charge in [-0.3, -0.25) is 4.79 Å². The first kappa shape index (κ1) is 9.44. The van der Waals surface area contributed by atoms with Gasteiger partial charge in [0.1, 0.15) is 19.5 Å². The standard InChI is InChI=1S/C7H12O5/c8-5-9-1-2-12-7-3-10-6-11-4-7/h5,7H,1-4,6H2. The quantitative estimate of drug-likeness (QED) is 0.419. The zero-order valence-electron chi connectivity index (χ0n) is 6.73. The van der Waals surface area contributed by atoms with Gasteiger partial charge < -0.3 is 18.9 Å². The first-order valence-electron chi connectivity index (χ1n) is 3.76. The van der Waals surface area contributed by atoms with Crippen LogP contribution in [0.1, 0.15) is 0 Å². The molecule has 5 heteroatoms. The highest BCUT2D eigenvalue weighted by Gasteiger charge is 2.13. The van der Waals surface area contributed by atoms with E-state index in [1.165, 1.54) is 0 Å². The highest BCUT2D eigenvalue weighted by molar-refractivity contribution is 5.36. The molecular formula is C7H12O5. The Balaban J connectivity index is 1.94. The van der Waals surface area contributed by atoms with E-state index in [-0.39, 0.29) is 12.7 Å². The van der Waals surface area contributed by atoms with Gasteiger partial charge >= 0.3 is 0 Å². The van der Waals surface area contributed by atoms with Crippen molar-refractivity contribution in [3.05, 3.63) is 0 Å². The molecule has 0 spiro atoms. The number of rotatable bonds is 5. The molecule has 1 aliphatic rings. The molecule has 0 radical (unpaired) electrons. The Labute approximate surface area is 70.5 Å². The Bertz CT molecular complexity index is 121. The average Bonchev–Trinajstić information content (AvgIpc) is 2.14. The molecule has 0 aromatic heterocycles. The maximum atomic E-state index is 9.73. The Morgan fingerprint density at radius 1 is 1.33 bits per heavy atom. The van der Waals surface area contributed by atoms with Crippen molar-refractivity contribution >= 4 is 6.47 Å². The third-order valence-electron chi connectivity index (χ3n) is 1.40. The van der Waals surface area contributed by atoms with E-state index in [1.807, 2.05) is 0 Å². The van der Waals surface area contributed by atoms with E-state index < -0.39 is 0 Å². The molecule has 5 nitrogen and oxygen atoms in total. The number of hydrogen-bond acceptors (Lipinski definition) is 5. The lowest BCUT2D eigenvalue weighted by molar-refractivity contribution is -0.171. The topological polar surface area (TPSA) is 54.0 Å². The van der Waals surface area contributed by atoms with Crippen molar-refractivity contribution in [2.75, 3.05) is 33.2 Å². The van der Waals surface area contributed by atoms with Crippen molar-refractivity contribution < 1.29 is 23.7 Å². The van der Waals surface area contributed by atoms with Crippen LogP contribution in [0, 0.1) is 0 Å². The molecule has 1 fully saturated rings. The van der Waals surface area contributed by atoms with E-state index in [1.54, 1.807) is 0 Å². The molecule has 0 N–H and O–H groups in total. The maximum absolute atomic E-state index is 9.73. The molecule has 1 heterocycles. The third-order valence-corrected chi connectivity index (χ3v) is 1.40. The van der Waals surface area contributed by atoms with Crippen LogP contribution in [0.25, 0.3) is 0 Å². The fraction of sp³-hybridized carbons (Fsp3) is 0.857. The van der Waals surface area contributed by atoms with Crippen LogP contribution in [0.3, 0.4) is 0 Å². The second kappa shape index (κ2) is 5.93. The SMILES string of the molecule is O=COCCOC1COCOC1. The van der Waals surface area contributed by atoms with Gasteiger partial charge in [0.15, 0.2) is 0 Å². The summed E-state index contributed by atoms with van der Waals surface area (Å²) in [7, 11) is 0. The molecule has 0 aliphatic carbocycles. The summed E-state index contributed by atoms with van der Waals surface area (Å²) >= 11 is 0. The highest BCUT2D eigenvalue weighted by Crippen LogP contribution is 2.00. The van der Waals surface area contributed by atoms with Crippen molar-refractivity contribution in [3.8, 4) is 0 Å². The highest BCUT2D eigenvalue weighted by atomic mass is 16.7. The monoisotopic (exact) mass is 176 g/mol. The van der Waals surface area contributed by atoms with Crippen LogP contribution in [0.5, 0.6) is 0 Å². The summed E-state index contributed by atoms with van der Waals surface area (Å²) in [5.41, 5.74) is 0. The lowest BCUT2D eigenvalue weighted by Crippen LogP contribution is -2.32. The van der Waals surface area contributed by atoms with Crippen molar-refractivity contribution in [1.82, 2.24) is 0 Å². The second-order valence-electron chi connectivity index (χ2n) is 2.32. The van der Waals surface area contributed by atoms with Crippen LogP contribution in [0.15, 0.2) is 0 Å². The van der Waals surface area contributed by atoms with E-state index in [9.17, 15) is 4.79 Å². The van der Waals surface area contributed by atoms with Crippen LogP contribution in [0.4, 0.5) is 0 Å². The van der Waals surface area contributed by atoms with Gasteiger partial charge in [-0.05, 0) is 0 Å². The third kappa shape index (κ3) is 3.66. The molecule has 0 aromatic carbocycles. The first-order chi connectivity index (χ1) is 5.93. The summed E-state index contributed by atoms with van der Waals surface area (Å²) in [6, 6.07) is 0. The van der Waals surface area contributed by atoms with E-state index in [2.05, 4.69) is 4.74 Å². The van der Waals surface area contributed by atoms with Gasteiger partial charge in [-0.1, -0.05) is 0 Å². The van der Waals surface area contributed by atoms with Gasteiger partial charge in [0.05, 0.1) is 19.8 Å². The minimum Gasteiger partial charge on any atom is -0.465 e. The molecular weight excluding hydrogens is 164 g/mol. The van der Waals surface area contributed by atoms with Gasteiger partial charge in [-0.2, -0.15) is 0 Å². The van der Waals surface area contributed by atoms with E-state index in [4.69, 9.17) is 14.2 Å². The van der Waals surface area contributed by atoms with Crippen molar-refractivity contribution in [2.45, 2.75) is 6.10 Å². The van der Waals surface area contributed by atoms with Crippen molar-refractivity contribution in [1.29, 1.82) is 0 Å². The fourth-order valence-electron chi connectivity index (χ4n) is 0.873. The summed E-state index contributed by atoms with van der Waals surface area (Å²) < 4.78 is 19.7. The summed E-state index contributed by atoms with van der Waals surface area (Å²) in [6.07, 6.45) is -0.0333. The second-order valence-corrected chi connectivity index (χ2v) is 2.32. The maximum Gasteiger partial charge on any atom is 0.293 e. The molecule has 1 aliphatic heterocycles. The molecule has 70 valence electrons. The Morgan fingerprint density at radius 3 is 2.75 bits per heavy atom. The minimum absolute atomic E-state index is 0.0333. The zero-order chi connectivity index (χ0) is 8.65. The molecule has 1 saturated heterocycles. The Morgan fingerprint density at radius 2 is 2.08 bits per heavy atom. The number of carbonyl (C=O) groups excluding carboxylic acids is 1. The van der Waals surface area contributed by atoms with E-state index in [0.29, 0.717) is 33.1 Å². The van der Waals surface area contributed by atoms with Crippen LogP contribution in [-0.4, -0.2) is 45.8 Å². The summed E-state index contributed by atoms with van der Waals surface area (Å²) in [5, 5.41) is 0. The summed E-state index contributed by atoms with van der Waals surface area (Å²) in [4.78, 5) is 9.73. The lowest BCUT2D eigenvalue weighted by Gasteiger charge is -2.22. The average molecular weight is 176 g/mol. The molecule has 0 saturated carbocycles. The number of ether oxygens (including phenoxy) is 4. The van der Waals surface area contributed by atoms with Gasteiger partial charge in [-0.15, -0.1) is 0 Å². The smallest absolute Gasteiger partial charge is 0.293 e. The lowest BCUT2D eigenvalue weighted by atomic mass is 10.4. The molecule has 0 bridgehead atoms. The zero-order valence-corrected chi connectivity index (χ0v) is 6.73. The van der Waals surface area contributed by atoms with Crippen LogP contribution in [-0.2, 0) is 23.7 Å². The molecule has 0 aromatic rings. The molecule has 0 amide bonds. The van der Waals surface area contributed by atoms with Crippen LogP contribution >= 0.6 is 0 Å². The molecule has 0 unspecified atom stereocenters. The van der Waals surface area contributed by atoms with Crippen LogP contribution < -0.4 is 0 Å². The van der Waals surface area contributed by atoms with Gasteiger partial charge in [0.25, 0.3) is 6.47 Å². The Kier molecular flexibility index (Phi) is 4.67. The Hall–Kier alpha value is -0.650. The molecule has 12 heavy (non-hydrogen) atoms. The van der Waals surface area contributed by atoms with Gasteiger partial charge in [-0.25, -0.2) is 0 Å². The number of carbonyl (C=O) groups is 1. The van der Waals surface area contributed by atoms with Gasteiger partial charge in [0.2, 0.25) is 0 Å². The summed E-state index contributed by atoms with van der Waals surface area (Å²) in [5.74, 6) is 0. The first-order valence-corrected chi connectivity index (χ1v) is 3.76. The molecule has 1 rings (SSSR count). The van der Waals surface area contributed by atoms with Crippen molar-refractivity contribution in [2.24, 2.45) is 0 Å². The largest absolute Gasteiger partial charge is 0.465 e. The van der Waals surface area contributed by atoms with E-state index in [0.717, 1.165) is 0 Å². The number of hydrogen-bond donors (Lipinski definition) is 0. The molecule has 0 atom stereocenters.